The first-order chi connectivity index (χ1) is 13.5. The summed E-state index contributed by atoms with van der Waals surface area (Å²) in [6, 6.07) is 18.5. The lowest BCUT2D eigenvalue weighted by molar-refractivity contribution is -0.121. The number of nitrogens with zero attached hydrogens (tertiary/aromatic N) is 2. The third-order valence-corrected chi connectivity index (χ3v) is 4.69. The Bertz CT molecular complexity index is 1010. The van der Waals surface area contributed by atoms with Crippen molar-refractivity contribution in [2.24, 2.45) is 0 Å². The van der Waals surface area contributed by atoms with Gasteiger partial charge in [0.25, 0.3) is 5.56 Å². The molecular weight excluding hydrogens is 374 g/mol. The number of halogens is 1. The average molecular weight is 396 g/mol. The van der Waals surface area contributed by atoms with Crippen LogP contribution < -0.4 is 10.9 Å². The number of benzene rings is 2. The predicted molar refractivity (Wildman–Crippen MR) is 111 cm³/mol. The zero-order chi connectivity index (χ0) is 19.9. The van der Waals surface area contributed by atoms with Crippen molar-refractivity contribution in [3.63, 3.8) is 0 Å². The first-order valence-corrected chi connectivity index (χ1v) is 9.61. The van der Waals surface area contributed by atoms with Gasteiger partial charge in [-0.25, -0.2) is 4.68 Å². The normalized spacial score (nSPS) is 10.6. The molecule has 0 atom stereocenters. The van der Waals surface area contributed by atoms with Crippen LogP contribution in [0.4, 0.5) is 0 Å². The highest BCUT2D eigenvalue weighted by atomic mass is 35.5. The highest BCUT2D eigenvalue weighted by Crippen LogP contribution is 2.19. The molecule has 6 heteroatoms. The lowest BCUT2D eigenvalue weighted by atomic mass is 10.1. The minimum Gasteiger partial charge on any atom is -0.352 e. The molecule has 3 rings (SSSR count). The van der Waals surface area contributed by atoms with Crippen LogP contribution in [0.25, 0.3) is 11.3 Å². The van der Waals surface area contributed by atoms with Gasteiger partial charge in [0, 0.05) is 29.6 Å². The third kappa shape index (κ3) is 5.30. The summed E-state index contributed by atoms with van der Waals surface area (Å²) in [5.74, 6) is -0.124. The fourth-order valence-electron chi connectivity index (χ4n) is 2.80. The summed E-state index contributed by atoms with van der Waals surface area (Å²) in [7, 11) is 0. The Hall–Kier alpha value is -2.92. The van der Waals surface area contributed by atoms with Crippen LogP contribution in [0, 0.1) is 0 Å². The van der Waals surface area contributed by atoms with Crippen molar-refractivity contribution in [3.05, 3.63) is 87.2 Å². The highest BCUT2D eigenvalue weighted by molar-refractivity contribution is 6.30. The van der Waals surface area contributed by atoms with Crippen molar-refractivity contribution in [1.82, 2.24) is 15.1 Å². The fourth-order valence-corrected chi connectivity index (χ4v) is 2.99. The molecule has 0 radical (unpaired) electrons. The number of rotatable bonds is 7. The molecule has 0 bridgehead atoms. The van der Waals surface area contributed by atoms with Crippen LogP contribution >= 0.6 is 11.6 Å². The van der Waals surface area contributed by atoms with Gasteiger partial charge >= 0.3 is 0 Å². The summed E-state index contributed by atoms with van der Waals surface area (Å²) in [6.45, 7) is 2.79. The Labute approximate surface area is 169 Å². The number of hydrogen-bond acceptors (Lipinski definition) is 3. The largest absolute Gasteiger partial charge is 0.352 e. The Morgan fingerprint density at radius 1 is 1.07 bits per heavy atom. The number of aryl methyl sites for hydroxylation is 2. The van der Waals surface area contributed by atoms with Gasteiger partial charge in [-0.1, -0.05) is 54.9 Å². The van der Waals surface area contributed by atoms with Gasteiger partial charge in [-0.3, -0.25) is 9.59 Å². The molecule has 0 aliphatic rings. The molecule has 3 aromatic rings. The Morgan fingerprint density at radius 2 is 1.82 bits per heavy atom. The smallest absolute Gasteiger partial charge is 0.266 e. The molecule has 144 valence electrons. The third-order valence-electron chi connectivity index (χ3n) is 4.46. The van der Waals surface area contributed by atoms with Crippen molar-refractivity contribution in [3.8, 4) is 11.3 Å². The molecule has 1 heterocycles. The van der Waals surface area contributed by atoms with E-state index in [1.54, 1.807) is 18.2 Å². The lowest BCUT2D eigenvalue weighted by Crippen LogP contribution is -2.28. The summed E-state index contributed by atoms with van der Waals surface area (Å²) >= 11 is 6.02. The molecule has 5 nitrogen and oxygen atoms in total. The molecule has 0 fully saturated rings. The molecule has 1 N–H and O–H groups in total. The fraction of sp³-hybridized carbons (Fsp3) is 0.227. The van der Waals surface area contributed by atoms with Gasteiger partial charge in [0.15, 0.2) is 0 Å². The van der Waals surface area contributed by atoms with Crippen molar-refractivity contribution < 1.29 is 4.79 Å². The monoisotopic (exact) mass is 395 g/mol. The molecular formula is C22H22ClN3O2. The summed E-state index contributed by atoms with van der Waals surface area (Å²) in [6.07, 6.45) is 1.17. The van der Waals surface area contributed by atoms with Crippen molar-refractivity contribution in [2.75, 3.05) is 0 Å². The van der Waals surface area contributed by atoms with Crippen molar-refractivity contribution in [2.45, 2.75) is 32.9 Å². The second kappa shape index (κ2) is 9.33. The van der Waals surface area contributed by atoms with Crippen LogP contribution in [0.1, 0.15) is 24.5 Å². The van der Waals surface area contributed by atoms with E-state index in [1.807, 2.05) is 24.3 Å². The van der Waals surface area contributed by atoms with E-state index in [1.165, 1.54) is 16.3 Å². The SMILES string of the molecule is CCc1ccc(CNC(=O)CCn2nc(-c3cccc(Cl)c3)ccc2=O)cc1. The number of hydrogen-bond donors (Lipinski definition) is 1. The molecule has 2 aromatic carbocycles. The Kier molecular flexibility index (Phi) is 6.61. The minimum atomic E-state index is -0.242. The van der Waals surface area contributed by atoms with E-state index in [0.717, 1.165) is 17.5 Å². The average Bonchev–Trinajstić information content (AvgIpc) is 2.72. The minimum absolute atomic E-state index is 0.124. The van der Waals surface area contributed by atoms with Gasteiger partial charge in [0.05, 0.1) is 12.2 Å². The van der Waals surface area contributed by atoms with Crippen LogP contribution in [-0.4, -0.2) is 15.7 Å². The number of carbonyl (C=O) groups excluding carboxylic acids is 1. The molecule has 1 aromatic heterocycles. The number of amides is 1. The first kappa shape index (κ1) is 19.8. The van der Waals surface area contributed by atoms with Gasteiger partial charge in [0.2, 0.25) is 5.91 Å². The van der Waals surface area contributed by atoms with Gasteiger partial charge in [-0.15, -0.1) is 0 Å². The highest BCUT2D eigenvalue weighted by Gasteiger charge is 2.07. The van der Waals surface area contributed by atoms with E-state index in [2.05, 4.69) is 29.5 Å². The number of aromatic nitrogens is 2. The maximum Gasteiger partial charge on any atom is 0.266 e. The molecule has 28 heavy (non-hydrogen) atoms. The van der Waals surface area contributed by atoms with E-state index < -0.39 is 0 Å². The molecule has 0 saturated carbocycles. The van der Waals surface area contributed by atoms with E-state index >= 15 is 0 Å². The first-order valence-electron chi connectivity index (χ1n) is 9.24. The van der Waals surface area contributed by atoms with Crippen LogP contribution in [0.5, 0.6) is 0 Å². The standard InChI is InChI=1S/C22H22ClN3O2/c1-2-16-6-8-17(9-7-16)15-24-21(27)12-13-26-22(28)11-10-20(25-26)18-4-3-5-19(23)14-18/h3-11,14H,2,12-13,15H2,1H3,(H,24,27). The zero-order valence-corrected chi connectivity index (χ0v) is 16.4. The summed E-state index contributed by atoms with van der Waals surface area (Å²) in [4.78, 5) is 24.2. The van der Waals surface area contributed by atoms with Gasteiger partial charge in [-0.05, 0) is 35.7 Å². The van der Waals surface area contributed by atoms with Gasteiger partial charge < -0.3 is 5.32 Å². The van der Waals surface area contributed by atoms with E-state index in [9.17, 15) is 9.59 Å². The van der Waals surface area contributed by atoms with E-state index in [0.29, 0.717) is 17.3 Å². The number of carbonyl (C=O) groups is 1. The van der Waals surface area contributed by atoms with Crippen LogP contribution in [0.2, 0.25) is 5.02 Å². The molecule has 0 spiro atoms. The Morgan fingerprint density at radius 3 is 2.54 bits per heavy atom. The molecule has 0 unspecified atom stereocenters. The van der Waals surface area contributed by atoms with Gasteiger partial charge in [-0.2, -0.15) is 5.10 Å². The summed E-state index contributed by atoms with van der Waals surface area (Å²) < 4.78 is 1.31. The van der Waals surface area contributed by atoms with Crippen molar-refractivity contribution in [1.29, 1.82) is 0 Å². The Balaban J connectivity index is 1.59. The molecule has 0 aliphatic heterocycles. The topological polar surface area (TPSA) is 64.0 Å². The van der Waals surface area contributed by atoms with E-state index in [4.69, 9.17) is 11.6 Å². The van der Waals surface area contributed by atoms with Crippen LogP contribution in [0.15, 0.2) is 65.5 Å². The lowest BCUT2D eigenvalue weighted by Gasteiger charge is -2.09. The second-order valence-electron chi connectivity index (χ2n) is 6.49. The predicted octanol–water partition coefficient (Wildman–Crippen LogP) is 3.83. The summed E-state index contributed by atoms with van der Waals surface area (Å²) in [5.41, 5.74) is 3.53. The second-order valence-corrected chi connectivity index (χ2v) is 6.92. The van der Waals surface area contributed by atoms with Crippen LogP contribution in [-0.2, 0) is 24.3 Å². The van der Waals surface area contributed by atoms with E-state index in [-0.39, 0.29) is 24.4 Å². The molecule has 0 aliphatic carbocycles. The van der Waals surface area contributed by atoms with Crippen molar-refractivity contribution >= 4 is 17.5 Å². The maximum absolute atomic E-state index is 12.2. The zero-order valence-electron chi connectivity index (χ0n) is 15.7. The molecule has 0 saturated heterocycles. The molecule has 1 amide bonds. The number of nitrogens with one attached hydrogen (secondary N) is 1. The van der Waals surface area contributed by atoms with Gasteiger partial charge in [0.1, 0.15) is 0 Å². The maximum atomic E-state index is 12.2. The van der Waals surface area contributed by atoms with Crippen LogP contribution in [0.3, 0.4) is 0 Å². The quantitative estimate of drug-likeness (QED) is 0.661. The summed E-state index contributed by atoms with van der Waals surface area (Å²) in [5, 5.41) is 7.84.